The zero-order valence-electron chi connectivity index (χ0n) is 23.5. The number of pyridine rings is 1. The Hall–Kier alpha value is -6.10. The normalized spacial score (nSPS) is 13.3. The Bertz CT molecular complexity index is 1960. The molecule has 5 aromatic rings. The Labute approximate surface area is 258 Å². The molecule has 1 N–H and O–H groups in total. The average molecular weight is 627 g/mol. The van der Waals surface area contributed by atoms with Crippen LogP contribution in [0.1, 0.15) is 11.1 Å². The monoisotopic (exact) mass is 626 g/mol. The zero-order valence-corrected chi connectivity index (χ0v) is 23.5. The lowest BCUT2D eigenvalue weighted by molar-refractivity contribution is -0.578. The number of para-hydroxylation sites is 2. The van der Waals surface area contributed by atoms with Gasteiger partial charge >= 0.3 is 17.5 Å². The molecule has 2 amide bonds. The number of halogens is 5. The minimum Gasteiger partial charge on any atom is -0.498 e. The number of imide groups is 1. The Balaban J connectivity index is 1.22. The van der Waals surface area contributed by atoms with Crippen LogP contribution in [0.4, 0.5) is 44.7 Å². The number of anilines is 4. The van der Waals surface area contributed by atoms with Crippen molar-refractivity contribution in [2.24, 2.45) is 0 Å². The molecule has 228 valence electrons. The molecule has 11 heteroatoms. The van der Waals surface area contributed by atoms with Gasteiger partial charge in [-0.05, 0) is 47.5 Å². The molecule has 1 aliphatic rings. The number of nitrogens with zero attached hydrogens (tertiary/aromatic N) is 3. The largest absolute Gasteiger partial charge is 0.498 e. The van der Waals surface area contributed by atoms with E-state index in [1.165, 1.54) is 24.5 Å². The summed E-state index contributed by atoms with van der Waals surface area (Å²) in [6.07, 6.45) is 6.19. The van der Waals surface area contributed by atoms with Crippen molar-refractivity contribution < 1.29 is 41.2 Å². The molecule has 0 radical (unpaired) electrons. The fourth-order valence-electron chi connectivity index (χ4n) is 4.96. The van der Waals surface area contributed by atoms with E-state index in [4.69, 9.17) is 0 Å². The van der Waals surface area contributed by atoms with E-state index in [0.717, 1.165) is 27.2 Å². The molecule has 0 bridgehead atoms. The van der Waals surface area contributed by atoms with Crippen LogP contribution >= 0.6 is 0 Å². The fourth-order valence-corrected chi connectivity index (χ4v) is 4.96. The van der Waals surface area contributed by atoms with E-state index >= 15 is 0 Å². The summed E-state index contributed by atoms with van der Waals surface area (Å²) in [5.74, 6) is -16.3. The first kappa shape index (κ1) is 29.9. The van der Waals surface area contributed by atoms with E-state index < -0.39 is 58.0 Å². The molecule has 0 saturated carbocycles. The van der Waals surface area contributed by atoms with Crippen LogP contribution in [0.15, 0.2) is 115 Å². The van der Waals surface area contributed by atoms with Gasteiger partial charge in [-0.25, -0.2) is 26.9 Å². The molecule has 0 unspecified atom stereocenters. The van der Waals surface area contributed by atoms with Crippen molar-refractivity contribution >= 4 is 52.4 Å². The van der Waals surface area contributed by atoms with Crippen LogP contribution in [0.3, 0.4) is 0 Å². The van der Waals surface area contributed by atoms with Crippen molar-refractivity contribution in [3.63, 3.8) is 0 Å². The van der Waals surface area contributed by atoms with Gasteiger partial charge in [0, 0.05) is 29.2 Å². The fraction of sp³-hybridized carbons (Fsp3) is 0. The summed E-state index contributed by atoms with van der Waals surface area (Å²) in [6, 6.07) is 30.7. The van der Waals surface area contributed by atoms with Gasteiger partial charge in [-0.2, -0.15) is 4.57 Å². The van der Waals surface area contributed by atoms with Gasteiger partial charge < -0.3 is 10.0 Å². The summed E-state index contributed by atoms with van der Waals surface area (Å²) in [6.45, 7) is 0. The second-order valence-electron chi connectivity index (χ2n) is 10.0. The lowest BCUT2D eigenvalue weighted by Gasteiger charge is -2.25. The lowest BCUT2D eigenvalue weighted by Crippen LogP contribution is -2.40. The molecule has 0 fully saturated rings. The van der Waals surface area contributed by atoms with Crippen molar-refractivity contribution in [2.45, 2.75) is 0 Å². The number of carbonyl (C=O) groups excluding carboxylic acids is 2. The first-order chi connectivity index (χ1) is 22.2. The third-order valence-corrected chi connectivity index (χ3v) is 7.21. The number of amides is 2. The van der Waals surface area contributed by atoms with Gasteiger partial charge in [0.2, 0.25) is 5.82 Å². The van der Waals surface area contributed by atoms with Crippen molar-refractivity contribution in [2.75, 3.05) is 9.80 Å². The van der Waals surface area contributed by atoms with Crippen LogP contribution in [-0.4, -0.2) is 16.9 Å². The highest BCUT2D eigenvalue weighted by Gasteiger charge is 2.49. The highest BCUT2D eigenvalue weighted by Crippen LogP contribution is 2.36. The maximum atomic E-state index is 14.4. The number of hydrogen-bond acceptors (Lipinski definition) is 4. The number of aromatic nitrogens is 1. The molecular formula is C35H21F5N3O3+. The molecular weight excluding hydrogens is 605 g/mol. The predicted molar refractivity (Wildman–Crippen MR) is 161 cm³/mol. The van der Waals surface area contributed by atoms with E-state index in [-0.39, 0.29) is 4.90 Å². The summed E-state index contributed by atoms with van der Waals surface area (Å²) in [5.41, 5.74) is 1.93. The molecule has 0 aliphatic carbocycles. The van der Waals surface area contributed by atoms with Crippen LogP contribution in [0.25, 0.3) is 17.8 Å². The summed E-state index contributed by atoms with van der Waals surface area (Å²) in [4.78, 5) is 27.4. The SMILES string of the molecule is O=C1C(O)=C([n+]2ccc(/C=C/c3ccc(N(c4ccccc4)c4ccccc4)cc3)cc2)C(=O)N1c1c(F)c(F)c(F)c(F)c1F. The summed E-state index contributed by atoms with van der Waals surface area (Å²) in [5, 5.41) is 10.3. The third-order valence-electron chi connectivity index (χ3n) is 7.21. The van der Waals surface area contributed by atoms with Crippen LogP contribution < -0.4 is 14.4 Å². The number of rotatable bonds is 7. The maximum Gasteiger partial charge on any atom is 0.335 e. The summed E-state index contributed by atoms with van der Waals surface area (Å²) < 4.78 is 70.8. The van der Waals surface area contributed by atoms with E-state index in [1.807, 2.05) is 91.0 Å². The Kier molecular flexibility index (Phi) is 7.89. The predicted octanol–water partition coefficient (Wildman–Crippen LogP) is 7.61. The number of carbonyl (C=O) groups is 2. The number of aliphatic hydroxyl groups is 1. The highest BCUT2D eigenvalue weighted by molar-refractivity contribution is 6.40. The molecule has 0 atom stereocenters. The van der Waals surface area contributed by atoms with Gasteiger partial charge in [0.1, 0.15) is 5.69 Å². The number of aliphatic hydroxyl groups excluding tert-OH is 1. The molecule has 2 heterocycles. The van der Waals surface area contributed by atoms with Crippen LogP contribution in [0.5, 0.6) is 0 Å². The Morgan fingerprint density at radius 1 is 0.565 bits per heavy atom. The minimum absolute atomic E-state index is 0.290. The number of benzene rings is 4. The van der Waals surface area contributed by atoms with E-state index in [0.29, 0.717) is 5.56 Å². The number of hydrogen-bond donors (Lipinski definition) is 1. The zero-order chi connectivity index (χ0) is 32.5. The quantitative estimate of drug-likeness (QED) is 0.0664. The second-order valence-corrected chi connectivity index (χ2v) is 10.0. The smallest absolute Gasteiger partial charge is 0.335 e. The minimum atomic E-state index is -2.45. The lowest BCUT2D eigenvalue weighted by atomic mass is 10.1. The van der Waals surface area contributed by atoms with Gasteiger partial charge in [0.05, 0.1) is 0 Å². The molecule has 6 rings (SSSR count). The molecule has 1 aliphatic heterocycles. The van der Waals surface area contributed by atoms with Crippen LogP contribution in [-0.2, 0) is 9.59 Å². The van der Waals surface area contributed by atoms with Gasteiger partial charge in [0.25, 0.3) is 5.76 Å². The Morgan fingerprint density at radius 2 is 1.00 bits per heavy atom. The van der Waals surface area contributed by atoms with Crippen molar-refractivity contribution in [3.05, 3.63) is 155 Å². The molecule has 0 saturated heterocycles. The van der Waals surface area contributed by atoms with Gasteiger partial charge in [-0.15, -0.1) is 0 Å². The summed E-state index contributed by atoms with van der Waals surface area (Å²) >= 11 is 0. The van der Waals surface area contributed by atoms with Crippen molar-refractivity contribution in [1.82, 2.24) is 0 Å². The first-order valence-electron chi connectivity index (χ1n) is 13.7. The highest BCUT2D eigenvalue weighted by atomic mass is 19.2. The Morgan fingerprint density at radius 3 is 1.50 bits per heavy atom. The van der Waals surface area contributed by atoms with Crippen molar-refractivity contribution in [3.8, 4) is 0 Å². The molecule has 1 aromatic heterocycles. The van der Waals surface area contributed by atoms with Gasteiger partial charge in [-0.1, -0.05) is 60.7 Å². The molecule has 4 aromatic carbocycles. The average Bonchev–Trinajstić information content (AvgIpc) is 3.30. The molecule has 0 spiro atoms. The van der Waals surface area contributed by atoms with Gasteiger partial charge in [-0.3, -0.25) is 9.59 Å². The third kappa shape index (κ3) is 5.28. The van der Waals surface area contributed by atoms with E-state index in [1.54, 1.807) is 6.08 Å². The molecule has 46 heavy (non-hydrogen) atoms. The molecule has 6 nitrogen and oxygen atoms in total. The van der Waals surface area contributed by atoms with Crippen LogP contribution in [0.2, 0.25) is 0 Å². The van der Waals surface area contributed by atoms with Crippen LogP contribution in [0, 0.1) is 29.1 Å². The summed E-state index contributed by atoms with van der Waals surface area (Å²) in [7, 11) is 0. The second kappa shape index (κ2) is 12.1. The van der Waals surface area contributed by atoms with Gasteiger partial charge in [0.15, 0.2) is 35.7 Å². The van der Waals surface area contributed by atoms with Crippen molar-refractivity contribution in [1.29, 1.82) is 0 Å². The maximum absolute atomic E-state index is 14.4. The first-order valence-corrected chi connectivity index (χ1v) is 13.7. The standard InChI is InChI=1S/C35H20F5N3O3/c36-26-27(37)29(39)31(30(40)28(26)38)43-34(45)32(33(44)35(43)46)41-19-17-22(18-20-41)12-11-21-13-15-25(16-14-21)42(23-7-3-1-4-8-23)24-9-5-2-6-10-24/h1-20H/p+1. The topological polar surface area (TPSA) is 64.7 Å². The van der Waals surface area contributed by atoms with E-state index in [9.17, 15) is 36.6 Å². The van der Waals surface area contributed by atoms with E-state index in [2.05, 4.69) is 4.90 Å².